The van der Waals surface area contributed by atoms with Crippen LogP contribution in [0.1, 0.15) is 5.56 Å². The highest BCUT2D eigenvalue weighted by atomic mass is 16.6. The van der Waals surface area contributed by atoms with Crippen LogP contribution in [0.25, 0.3) is 0 Å². The maximum atomic E-state index is 11.6. The molecule has 0 radical (unpaired) electrons. The third kappa shape index (κ3) is 4.13. The summed E-state index contributed by atoms with van der Waals surface area (Å²) in [6.07, 6.45) is 0.0197. The monoisotopic (exact) mass is 270 g/mol. The molecule has 0 saturated heterocycles. The second-order valence-corrected chi connectivity index (χ2v) is 4.02. The van der Waals surface area contributed by atoms with Crippen LogP contribution in [0.15, 0.2) is 54.6 Å². The first-order valence-corrected chi connectivity index (χ1v) is 6.08. The molecule has 5 heteroatoms. The van der Waals surface area contributed by atoms with E-state index >= 15 is 0 Å². The molecule has 0 heterocycles. The lowest BCUT2D eigenvalue weighted by molar-refractivity contribution is -0.105. The standard InChI is InChI=1S/C15H14N2O3/c18-11-17-13-7-4-8-14(9-13)20-15(19)16-10-12-5-2-1-3-6-12/h1-9,11H,10H2,(H,16,19)(H,17,18). The molecule has 2 rings (SSSR count). The first kappa shape index (κ1) is 13.6. The van der Waals surface area contributed by atoms with E-state index in [1.165, 1.54) is 0 Å². The Hall–Kier alpha value is -2.82. The average Bonchev–Trinajstić information content (AvgIpc) is 2.47. The molecule has 2 N–H and O–H groups in total. The predicted molar refractivity (Wildman–Crippen MR) is 75.4 cm³/mol. The minimum absolute atomic E-state index is 0.363. The van der Waals surface area contributed by atoms with Gasteiger partial charge in [-0.25, -0.2) is 4.79 Å². The van der Waals surface area contributed by atoms with E-state index in [-0.39, 0.29) is 0 Å². The fraction of sp³-hybridized carbons (Fsp3) is 0.0667. The van der Waals surface area contributed by atoms with Gasteiger partial charge in [0.1, 0.15) is 5.75 Å². The summed E-state index contributed by atoms with van der Waals surface area (Å²) in [7, 11) is 0. The summed E-state index contributed by atoms with van der Waals surface area (Å²) in [5.74, 6) is 0.363. The first-order chi connectivity index (χ1) is 9.78. The fourth-order valence-electron chi connectivity index (χ4n) is 1.63. The molecule has 0 fully saturated rings. The maximum absolute atomic E-state index is 11.6. The number of rotatable bonds is 5. The number of benzene rings is 2. The third-order valence-corrected chi connectivity index (χ3v) is 2.55. The quantitative estimate of drug-likeness (QED) is 0.820. The van der Waals surface area contributed by atoms with Gasteiger partial charge < -0.3 is 15.4 Å². The Kier molecular flexibility index (Phi) is 4.72. The van der Waals surface area contributed by atoms with E-state index in [1.807, 2.05) is 30.3 Å². The lowest BCUT2D eigenvalue weighted by atomic mass is 10.2. The van der Waals surface area contributed by atoms with Crippen LogP contribution in [0.4, 0.5) is 10.5 Å². The van der Waals surface area contributed by atoms with Crippen molar-refractivity contribution in [1.82, 2.24) is 5.32 Å². The molecule has 0 aliphatic heterocycles. The van der Waals surface area contributed by atoms with Crippen LogP contribution in [0.5, 0.6) is 5.75 Å². The van der Waals surface area contributed by atoms with Crippen LogP contribution in [0.2, 0.25) is 0 Å². The number of carbonyl (C=O) groups is 2. The van der Waals surface area contributed by atoms with Gasteiger partial charge in [-0.1, -0.05) is 36.4 Å². The summed E-state index contributed by atoms with van der Waals surface area (Å²) in [4.78, 5) is 22.0. The lowest BCUT2D eigenvalue weighted by Gasteiger charge is -2.07. The predicted octanol–water partition coefficient (Wildman–Crippen LogP) is 2.54. The highest BCUT2D eigenvalue weighted by Crippen LogP contribution is 2.16. The van der Waals surface area contributed by atoms with E-state index in [2.05, 4.69) is 10.6 Å². The molecular formula is C15H14N2O3. The zero-order chi connectivity index (χ0) is 14.2. The zero-order valence-corrected chi connectivity index (χ0v) is 10.7. The van der Waals surface area contributed by atoms with E-state index in [4.69, 9.17) is 4.74 Å². The molecule has 2 aromatic rings. The van der Waals surface area contributed by atoms with Gasteiger partial charge in [-0.2, -0.15) is 0 Å². The van der Waals surface area contributed by atoms with Crippen LogP contribution >= 0.6 is 0 Å². The van der Waals surface area contributed by atoms with E-state index in [1.54, 1.807) is 24.3 Å². The highest BCUT2D eigenvalue weighted by molar-refractivity contribution is 5.74. The largest absolute Gasteiger partial charge is 0.412 e. The second kappa shape index (κ2) is 6.94. The van der Waals surface area contributed by atoms with Crippen molar-refractivity contribution >= 4 is 18.2 Å². The van der Waals surface area contributed by atoms with Crippen molar-refractivity contribution in [3.63, 3.8) is 0 Å². The molecule has 0 unspecified atom stereocenters. The summed E-state index contributed by atoms with van der Waals surface area (Å²) < 4.78 is 5.12. The zero-order valence-electron chi connectivity index (χ0n) is 10.7. The highest BCUT2D eigenvalue weighted by Gasteiger charge is 2.04. The van der Waals surface area contributed by atoms with Crippen LogP contribution in [0, 0.1) is 0 Å². The van der Waals surface area contributed by atoms with E-state index < -0.39 is 6.09 Å². The molecule has 0 atom stereocenters. The van der Waals surface area contributed by atoms with Crippen molar-refractivity contribution in [3.05, 3.63) is 60.2 Å². The van der Waals surface area contributed by atoms with Crippen molar-refractivity contribution < 1.29 is 14.3 Å². The molecule has 0 aromatic heterocycles. The van der Waals surface area contributed by atoms with Gasteiger partial charge in [0.15, 0.2) is 0 Å². The summed E-state index contributed by atoms with van der Waals surface area (Å²) in [5.41, 5.74) is 1.55. The Morgan fingerprint density at radius 1 is 1.10 bits per heavy atom. The molecule has 0 aliphatic carbocycles. The van der Waals surface area contributed by atoms with Gasteiger partial charge in [-0.05, 0) is 17.7 Å². The van der Waals surface area contributed by atoms with Gasteiger partial charge in [0.25, 0.3) is 0 Å². The fourth-order valence-corrected chi connectivity index (χ4v) is 1.63. The van der Waals surface area contributed by atoms with Crippen LogP contribution in [-0.4, -0.2) is 12.5 Å². The van der Waals surface area contributed by atoms with Gasteiger partial charge in [-0.15, -0.1) is 0 Å². The van der Waals surface area contributed by atoms with Crippen molar-refractivity contribution in [2.24, 2.45) is 0 Å². The number of carbonyl (C=O) groups excluding carboxylic acids is 2. The Bertz CT molecular complexity index is 585. The average molecular weight is 270 g/mol. The Morgan fingerprint density at radius 2 is 1.90 bits per heavy atom. The van der Waals surface area contributed by atoms with Crippen molar-refractivity contribution in [1.29, 1.82) is 0 Å². The molecule has 5 nitrogen and oxygen atoms in total. The number of nitrogens with one attached hydrogen (secondary N) is 2. The third-order valence-electron chi connectivity index (χ3n) is 2.55. The first-order valence-electron chi connectivity index (χ1n) is 6.08. The summed E-state index contributed by atoms with van der Waals surface area (Å²) >= 11 is 0. The molecule has 2 amide bonds. The minimum Gasteiger partial charge on any atom is -0.410 e. The normalized spacial score (nSPS) is 9.60. The van der Waals surface area contributed by atoms with Gasteiger partial charge >= 0.3 is 6.09 Å². The Labute approximate surface area is 116 Å². The van der Waals surface area contributed by atoms with Gasteiger partial charge in [0.05, 0.1) is 0 Å². The van der Waals surface area contributed by atoms with Crippen LogP contribution < -0.4 is 15.4 Å². The molecule has 2 aromatic carbocycles. The van der Waals surface area contributed by atoms with Gasteiger partial charge in [0.2, 0.25) is 6.41 Å². The van der Waals surface area contributed by atoms with E-state index in [9.17, 15) is 9.59 Å². The summed E-state index contributed by atoms with van der Waals surface area (Å²) in [5, 5.41) is 5.13. The Morgan fingerprint density at radius 3 is 2.65 bits per heavy atom. The smallest absolute Gasteiger partial charge is 0.410 e. The molecule has 0 aliphatic rings. The number of ether oxygens (including phenoxy) is 1. The SMILES string of the molecule is O=CNc1cccc(OC(=O)NCc2ccccc2)c1. The van der Waals surface area contributed by atoms with Crippen molar-refractivity contribution in [3.8, 4) is 5.75 Å². The number of hydrogen-bond donors (Lipinski definition) is 2. The van der Waals surface area contributed by atoms with E-state index in [0.29, 0.717) is 24.4 Å². The molecule has 0 saturated carbocycles. The minimum atomic E-state index is -0.544. The lowest BCUT2D eigenvalue weighted by Crippen LogP contribution is -2.26. The molecule has 20 heavy (non-hydrogen) atoms. The number of hydrogen-bond acceptors (Lipinski definition) is 3. The van der Waals surface area contributed by atoms with Gasteiger partial charge in [0, 0.05) is 18.3 Å². The number of anilines is 1. The molecule has 0 bridgehead atoms. The van der Waals surface area contributed by atoms with Gasteiger partial charge in [-0.3, -0.25) is 4.79 Å². The second-order valence-electron chi connectivity index (χ2n) is 4.02. The maximum Gasteiger partial charge on any atom is 0.412 e. The summed E-state index contributed by atoms with van der Waals surface area (Å²) in [6, 6.07) is 16.1. The molecule has 102 valence electrons. The molecular weight excluding hydrogens is 256 g/mol. The Balaban J connectivity index is 1.88. The van der Waals surface area contributed by atoms with Crippen LogP contribution in [-0.2, 0) is 11.3 Å². The van der Waals surface area contributed by atoms with E-state index in [0.717, 1.165) is 5.56 Å². The summed E-state index contributed by atoms with van der Waals surface area (Å²) in [6.45, 7) is 0.395. The van der Waals surface area contributed by atoms with Crippen LogP contribution in [0.3, 0.4) is 0 Å². The molecule has 0 spiro atoms. The topological polar surface area (TPSA) is 67.4 Å². The van der Waals surface area contributed by atoms with Crippen molar-refractivity contribution in [2.45, 2.75) is 6.54 Å². The van der Waals surface area contributed by atoms with Crippen molar-refractivity contribution in [2.75, 3.05) is 5.32 Å². The number of amides is 2.